The highest BCUT2D eigenvalue weighted by Gasteiger charge is 2.49. The van der Waals surface area contributed by atoms with E-state index in [1.54, 1.807) is 12.3 Å². The summed E-state index contributed by atoms with van der Waals surface area (Å²) in [7, 11) is 1.52. The van der Waals surface area contributed by atoms with Crippen molar-refractivity contribution in [1.82, 2.24) is 24.8 Å². The Morgan fingerprint density at radius 3 is 2.76 bits per heavy atom. The van der Waals surface area contributed by atoms with Gasteiger partial charge in [0, 0.05) is 59.0 Å². The van der Waals surface area contributed by atoms with Gasteiger partial charge >= 0.3 is 0 Å². The number of hydrogen-bond donors (Lipinski definition) is 2. The third-order valence-corrected chi connectivity index (χ3v) is 8.30. The predicted molar refractivity (Wildman–Crippen MR) is 141 cm³/mol. The highest BCUT2D eigenvalue weighted by molar-refractivity contribution is 6.08. The van der Waals surface area contributed by atoms with Gasteiger partial charge in [-0.1, -0.05) is 6.92 Å². The van der Waals surface area contributed by atoms with Gasteiger partial charge in [-0.05, 0) is 48.6 Å². The molecule has 3 aliphatic rings. The average molecular weight is 513 g/mol. The van der Waals surface area contributed by atoms with Crippen molar-refractivity contribution in [3.05, 3.63) is 53.5 Å². The smallest absolute Gasteiger partial charge is 0.242 e. The third kappa shape index (κ3) is 3.13. The predicted octanol–water partition coefficient (Wildman–Crippen LogP) is 5.57. The zero-order valence-electron chi connectivity index (χ0n) is 21.1. The van der Waals surface area contributed by atoms with Gasteiger partial charge in [0.15, 0.2) is 11.3 Å². The number of imidazole rings is 1. The summed E-state index contributed by atoms with van der Waals surface area (Å²) in [5.74, 6) is 0.784. The van der Waals surface area contributed by atoms with Crippen LogP contribution in [-0.2, 0) is 12.8 Å². The second-order valence-corrected chi connectivity index (χ2v) is 10.2. The maximum Gasteiger partial charge on any atom is 0.242 e. The van der Waals surface area contributed by atoms with Crippen molar-refractivity contribution in [2.75, 3.05) is 13.7 Å². The van der Waals surface area contributed by atoms with Crippen molar-refractivity contribution < 1.29 is 13.5 Å². The first-order valence-corrected chi connectivity index (χ1v) is 13.0. The molecule has 3 atom stereocenters. The summed E-state index contributed by atoms with van der Waals surface area (Å²) in [6.45, 7) is 3.03. The minimum Gasteiger partial charge on any atom is -0.479 e. The SMILES string of the molecule is CCc1nc2c(OC)nc3c(F)c(-c4c[nH]c5ccc(F)cc45)c(CCC#N)cc3c2n1C1C2CNC1C2. The summed E-state index contributed by atoms with van der Waals surface area (Å²) in [6, 6.07) is 9.15. The molecule has 0 spiro atoms. The van der Waals surface area contributed by atoms with Gasteiger partial charge in [0.05, 0.1) is 24.7 Å². The second-order valence-electron chi connectivity index (χ2n) is 10.2. The van der Waals surface area contributed by atoms with E-state index in [9.17, 15) is 9.65 Å². The fourth-order valence-corrected chi connectivity index (χ4v) is 6.55. The van der Waals surface area contributed by atoms with Gasteiger partial charge < -0.3 is 19.6 Å². The monoisotopic (exact) mass is 512 g/mol. The number of rotatable bonds is 6. The van der Waals surface area contributed by atoms with E-state index >= 15 is 4.39 Å². The molecule has 2 aliphatic heterocycles. The molecule has 0 amide bonds. The maximum absolute atomic E-state index is 16.7. The first kappa shape index (κ1) is 23.1. The third-order valence-electron chi connectivity index (χ3n) is 8.30. The highest BCUT2D eigenvalue weighted by Crippen LogP contribution is 2.48. The van der Waals surface area contributed by atoms with Crippen molar-refractivity contribution in [2.24, 2.45) is 5.92 Å². The van der Waals surface area contributed by atoms with Gasteiger partial charge in [0.1, 0.15) is 17.2 Å². The summed E-state index contributed by atoms with van der Waals surface area (Å²) in [4.78, 5) is 12.7. The van der Waals surface area contributed by atoms with Crippen LogP contribution in [0.15, 0.2) is 30.5 Å². The molecular formula is C29H26F2N6O. The van der Waals surface area contributed by atoms with E-state index in [0.717, 1.165) is 30.7 Å². The molecule has 2 bridgehead atoms. The molecule has 3 aromatic heterocycles. The summed E-state index contributed by atoms with van der Waals surface area (Å²) < 4.78 is 38.9. The summed E-state index contributed by atoms with van der Waals surface area (Å²) in [6.07, 6.45) is 4.10. The van der Waals surface area contributed by atoms with Crippen molar-refractivity contribution in [3.63, 3.8) is 0 Å². The minimum atomic E-state index is -0.513. The lowest BCUT2D eigenvalue weighted by molar-refractivity contribution is 0.221. The molecular weight excluding hydrogens is 486 g/mol. The number of nitrogens with one attached hydrogen (secondary N) is 2. The van der Waals surface area contributed by atoms with E-state index in [0.29, 0.717) is 56.9 Å². The summed E-state index contributed by atoms with van der Waals surface area (Å²) in [5, 5.41) is 14.2. The lowest BCUT2D eigenvalue weighted by Gasteiger charge is -2.37. The first-order chi connectivity index (χ1) is 18.5. The zero-order valence-corrected chi connectivity index (χ0v) is 21.1. The van der Waals surface area contributed by atoms with Gasteiger partial charge in [0.25, 0.3) is 0 Å². The molecule has 0 radical (unpaired) electrons. The fourth-order valence-electron chi connectivity index (χ4n) is 6.55. The van der Waals surface area contributed by atoms with E-state index < -0.39 is 11.6 Å². The Kier molecular flexibility index (Phi) is 5.17. The van der Waals surface area contributed by atoms with Crippen molar-refractivity contribution in [1.29, 1.82) is 5.26 Å². The van der Waals surface area contributed by atoms with E-state index in [2.05, 4.69) is 32.8 Å². The van der Waals surface area contributed by atoms with Crippen molar-refractivity contribution in [3.8, 4) is 23.1 Å². The highest BCUT2D eigenvalue weighted by atomic mass is 19.1. The van der Waals surface area contributed by atoms with Gasteiger partial charge in [0.2, 0.25) is 5.88 Å². The Bertz CT molecular complexity index is 1780. The van der Waals surface area contributed by atoms with Crippen LogP contribution in [0.4, 0.5) is 8.78 Å². The molecule has 3 fully saturated rings. The summed E-state index contributed by atoms with van der Waals surface area (Å²) in [5.41, 5.74) is 3.86. The molecule has 9 heteroatoms. The van der Waals surface area contributed by atoms with Crippen LogP contribution in [0.5, 0.6) is 5.88 Å². The number of aryl methyl sites for hydroxylation is 2. The number of hydrogen-bond acceptors (Lipinski definition) is 5. The Hall–Kier alpha value is -4.03. The molecule has 192 valence electrons. The number of fused-ring (bicyclic) bond motifs is 5. The van der Waals surface area contributed by atoms with Gasteiger partial charge in [-0.3, -0.25) is 0 Å². The van der Waals surface area contributed by atoms with Crippen LogP contribution in [0.2, 0.25) is 0 Å². The Morgan fingerprint density at radius 1 is 1.18 bits per heavy atom. The number of aromatic amines is 1. The molecule has 5 heterocycles. The number of methoxy groups -OCH3 is 1. The van der Waals surface area contributed by atoms with E-state index in [-0.39, 0.29) is 23.9 Å². The summed E-state index contributed by atoms with van der Waals surface area (Å²) >= 11 is 0. The number of ether oxygens (including phenoxy) is 1. The number of H-pyrrole nitrogens is 1. The zero-order chi connectivity index (χ0) is 26.1. The van der Waals surface area contributed by atoms with Crippen LogP contribution < -0.4 is 10.1 Å². The molecule has 7 nitrogen and oxygen atoms in total. The second kappa shape index (κ2) is 8.50. The first-order valence-electron chi connectivity index (χ1n) is 13.0. The van der Waals surface area contributed by atoms with Crippen LogP contribution in [0.1, 0.15) is 37.2 Å². The molecule has 38 heavy (non-hydrogen) atoms. The number of nitriles is 1. The van der Waals surface area contributed by atoms with Crippen LogP contribution >= 0.6 is 0 Å². The molecule has 1 saturated carbocycles. The normalized spacial score (nSPS) is 20.3. The maximum atomic E-state index is 16.7. The largest absolute Gasteiger partial charge is 0.479 e. The fraction of sp³-hybridized carbons (Fsp3) is 0.345. The van der Waals surface area contributed by atoms with E-state index in [1.165, 1.54) is 19.2 Å². The topological polar surface area (TPSA) is 91.6 Å². The van der Waals surface area contributed by atoms with Crippen LogP contribution in [0.25, 0.3) is 44.0 Å². The lowest BCUT2D eigenvalue weighted by Crippen LogP contribution is -2.39. The Labute approximate surface area is 217 Å². The molecule has 3 unspecified atom stereocenters. The lowest BCUT2D eigenvalue weighted by atomic mass is 9.79. The number of nitrogens with zero attached hydrogens (tertiary/aromatic N) is 4. The van der Waals surface area contributed by atoms with Crippen molar-refractivity contribution in [2.45, 2.75) is 44.7 Å². The number of halogens is 2. The van der Waals surface area contributed by atoms with Crippen LogP contribution in [0.3, 0.4) is 0 Å². The van der Waals surface area contributed by atoms with E-state index in [4.69, 9.17) is 9.72 Å². The van der Waals surface area contributed by atoms with Crippen LogP contribution in [-0.4, -0.2) is 39.2 Å². The molecule has 5 aromatic rings. The Morgan fingerprint density at radius 2 is 2.05 bits per heavy atom. The standard InChI is InChI=1S/C29H26F2N6O/c1-3-22-35-26-28(37(22)27-15-10-21(27)33-12-15)18-9-14(5-4-8-32)23(24(31)25(18)36-29(26)38-2)19-13-34-20-7-6-16(30)11-17(19)20/h6-7,9,11,13,15,21,27,33-34H,3-5,10,12H2,1-2H3. The molecule has 8 rings (SSSR count). The average Bonchev–Trinajstić information content (AvgIpc) is 3.71. The van der Waals surface area contributed by atoms with Crippen LogP contribution in [0, 0.1) is 28.9 Å². The Balaban J connectivity index is 1.58. The minimum absolute atomic E-state index is 0.180. The quantitative estimate of drug-likeness (QED) is 0.310. The molecule has 1 aliphatic carbocycles. The van der Waals surface area contributed by atoms with Gasteiger partial charge in [-0.2, -0.15) is 5.26 Å². The molecule has 2 N–H and O–H groups in total. The van der Waals surface area contributed by atoms with Gasteiger partial charge in [-0.25, -0.2) is 18.7 Å². The molecule has 2 aromatic carbocycles. The van der Waals surface area contributed by atoms with Crippen molar-refractivity contribution >= 4 is 32.8 Å². The number of aromatic nitrogens is 4. The number of pyridine rings is 1. The van der Waals surface area contributed by atoms with E-state index in [1.807, 2.05) is 6.07 Å². The number of benzene rings is 2. The molecule has 2 saturated heterocycles. The van der Waals surface area contributed by atoms with Gasteiger partial charge in [-0.15, -0.1) is 0 Å².